The Morgan fingerprint density at radius 2 is 1.96 bits per heavy atom. The lowest BCUT2D eigenvalue weighted by molar-refractivity contribution is 0.0766. The Morgan fingerprint density at radius 1 is 1.12 bits per heavy atom. The fourth-order valence-corrected chi connectivity index (χ4v) is 2.96. The Hall–Kier alpha value is -1.75. The van der Waals surface area contributed by atoms with E-state index in [1.807, 2.05) is 53.4 Å². The number of nitrogens with zero attached hydrogens (tertiary/aromatic N) is 1. The van der Waals surface area contributed by atoms with Crippen LogP contribution in [-0.2, 0) is 6.61 Å². The average molecular weight is 381 g/mol. The van der Waals surface area contributed by atoms with Crippen LogP contribution in [0.1, 0.15) is 22.3 Å². The van der Waals surface area contributed by atoms with Crippen molar-refractivity contribution in [3.63, 3.8) is 0 Å². The van der Waals surface area contributed by atoms with E-state index in [2.05, 4.69) is 5.32 Å². The molecule has 0 spiro atoms. The van der Waals surface area contributed by atoms with Gasteiger partial charge in [0.25, 0.3) is 5.91 Å². The van der Waals surface area contributed by atoms with E-state index in [-0.39, 0.29) is 18.3 Å². The minimum absolute atomic E-state index is 0. The molecule has 4 nitrogen and oxygen atoms in total. The molecule has 2 aromatic rings. The quantitative estimate of drug-likeness (QED) is 0.877. The second-order valence-electron chi connectivity index (χ2n) is 5.84. The molecule has 3 rings (SSSR count). The van der Waals surface area contributed by atoms with Crippen molar-refractivity contribution < 1.29 is 9.53 Å². The van der Waals surface area contributed by atoms with Gasteiger partial charge in [0.1, 0.15) is 12.4 Å². The zero-order valence-corrected chi connectivity index (χ0v) is 15.5. The third kappa shape index (κ3) is 5.63. The predicted octanol–water partition coefficient (Wildman–Crippen LogP) is 3.78. The number of carbonyl (C=O) groups is 1. The number of ether oxygens (including phenoxy) is 1. The van der Waals surface area contributed by atoms with Gasteiger partial charge in [-0.05, 0) is 48.9 Å². The number of hydrogen-bond acceptors (Lipinski definition) is 3. The molecule has 1 N–H and O–H groups in total. The molecule has 0 aliphatic carbocycles. The summed E-state index contributed by atoms with van der Waals surface area (Å²) in [5.74, 6) is 0.751. The van der Waals surface area contributed by atoms with Crippen molar-refractivity contribution in [1.82, 2.24) is 10.2 Å². The molecule has 0 radical (unpaired) electrons. The van der Waals surface area contributed by atoms with Crippen molar-refractivity contribution in [2.45, 2.75) is 13.0 Å². The lowest BCUT2D eigenvalue weighted by atomic mass is 10.2. The van der Waals surface area contributed by atoms with Gasteiger partial charge in [-0.15, -0.1) is 12.4 Å². The zero-order valence-electron chi connectivity index (χ0n) is 13.9. The third-order valence-corrected chi connectivity index (χ3v) is 4.24. The summed E-state index contributed by atoms with van der Waals surface area (Å²) in [4.78, 5) is 14.5. The van der Waals surface area contributed by atoms with Crippen molar-refractivity contribution in [3.8, 4) is 5.75 Å². The summed E-state index contributed by atoms with van der Waals surface area (Å²) in [6.07, 6.45) is 0.983. The van der Waals surface area contributed by atoms with Gasteiger partial charge in [-0.3, -0.25) is 4.79 Å². The summed E-state index contributed by atoms with van der Waals surface area (Å²) in [5.41, 5.74) is 1.67. The van der Waals surface area contributed by atoms with Crippen LogP contribution in [-0.4, -0.2) is 37.0 Å². The van der Waals surface area contributed by atoms with Crippen molar-refractivity contribution in [2.75, 3.05) is 26.2 Å². The van der Waals surface area contributed by atoms with Gasteiger partial charge in [-0.2, -0.15) is 0 Å². The van der Waals surface area contributed by atoms with Gasteiger partial charge in [0.05, 0.1) is 0 Å². The van der Waals surface area contributed by atoms with Gasteiger partial charge >= 0.3 is 0 Å². The van der Waals surface area contributed by atoms with Crippen molar-refractivity contribution in [1.29, 1.82) is 0 Å². The van der Waals surface area contributed by atoms with E-state index < -0.39 is 0 Å². The van der Waals surface area contributed by atoms with Crippen molar-refractivity contribution in [3.05, 3.63) is 64.7 Å². The molecule has 0 unspecified atom stereocenters. The number of carbonyl (C=O) groups excluding carboxylic acids is 1. The first-order valence-corrected chi connectivity index (χ1v) is 8.57. The van der Waals surface area contributed by atoms with Crippen LogP contribution in [0.3, 0.4) is 0 Å². The highest BCUT2D eigenvalue weighted by molar-refractivity contribution is 6.30. The molecule has 1 fully saturated rings. The van der Waals surface area contributed by atoms with E-state index >= 15 is 0 Å². The van der Waals surface area contributed by atoms with E-state index in [9.17, 15) is 4.79 Å². The van der Waals surface area contributed by atoms with Crippen molar-refractivity contribution in [2.24, 2.45) is 0 Å². The van der Waals surface area contributed by atoms with Crippen LogP contribution < -0.4 is 10.1 Å². The van der Waals surface area contributed by atoms with E-state index in [0.717, 1.165) is 38.2 Å². The maximum Gasteiger partial charge on any atom is 0.254 e. The summed E-state index contributed by atoms with van der Waals surface area (Å²) < 4.78 is 5.81. The summed E-state index contributed by atoms with van der Waals surface area (Å²) in [5, 5.41) is 4.00. The maximum atomic E-state index is 12.6. The zero-order chi connectivity index (χ0) is 16.8. The maximum absolute atomic E-state index is 12.6. The molecule has 0 saturated carbocycles. The molecule has 2 aromatic carbocycles. The summed E-state index contributed by atoms with van der Waals surface area (Å²) in [6.45, 7) is 3.76. The molecule has 1 saturated heterocycles. The molecule has 6 heteroatoms. The highest BCUT2D eigenvalue weighted by atomic mass is 35.5. The molecule has 25 heavy (non-hydrogen) atoms. The smallest absolute Gasteiger partial charge is 0.254 e. The average Bonchev–Trinajstić information content (AvgIpc) is 2.89. The molecule has 0 aromatic heterocycles. The topological polar surface area (TPSA) is 41.6 Å². The number of amides is 1. The normalized spacial score (nSPS) is 14.4. The first-order chi connectivity index (χ1) is 11.7. The SMILES string of the molecule is Cl.O=C(c1cccc(OCc2cccc(Cl)c2)c1)N1CCCNCC1. The van der Waals surface area contributed by atoms with Gasteiger partial charge in [-0.25, -0.2) is 0 Å². The molecular formula is C19H22Cl2N2O2. The lowest BCUT2D eigenvalue weighted by Gasteiger charge is -2.20. The molecule has 1 aliphatic rings. The minimum Gasteiger partial charge on any atom is -0.489 e. The Bertz CT molecular complexity index is 701. The van der Waals surface area contributed by atoms with Gasteiger partial charge in [0, 0.05) is 30.2 Å². The van der Waals surface area contributed by atoms with E-state index in [0.29, 0.717) is 22.9 Å². The monoisotopic (exact) mass is 380 g/mol. The third-order valence-electron chi connectivity index (χ3n) is 4.00. The molecule has 0 bridgehead atoms. The highest BCUT2D eigenvalue weighted by Gasteiger charge is 2.17. The van der Waals surface area contributed by atoms with Crippen LogP contribution in [0.5, 0.6) is 5.75 Å². The van der Waals surface area contributed by atoms with E-state index in [1.165, 1.54) is 0 Å². The van der Waals surface area contributed by atoms with Crippen LogP contribution in [0.25, 0.3) is 0 Å². The summed E-state index contributed by atoms with van der Waals surface area (Å²) >= 11 is 5.98. The number of rotatable bonds is 4. The largest absolute Gasteiger partial charge is 0.489 e. The van der Waals surface area contributed by atoms with Crippen molar-refractivity contribution >= 4 is 29.9 Å². The first-order valence-electron chi connectivity index (χ1n) is 8.20. The minimum atomic E-state index is 0. The van der Waals surface area contributed by atoms with E-state index in [4.69, 9.17) is 16.3 Å². The van der Waals surface area contributed by atoms with Gasteiger partial charge in [-0.1, -0.05) is 29.8 Å². The first kappa shape index (κ1) is 19.6. The van der Waals surface area contributed by atoms with Crippen LogP contribution in [0.15, 0.2) is 48.5 Å². The predicted molar refractivity (Wildman–Crippen MR) is 103 cm³/mol. The summed E-state index contributed by atoms with van der Waals surface area (Å²) in [6, 6.07) is 14.9. The highest BCUT2D eigenvalue weighted by Crippen LogP contribution is 2.18. The molecule has 1 heterocycles. The number of halogens is 2. The Morgan fingerprint density at radius 3 is 2.80 bits per heavy atom. The van der Waals surface area contributed by atoms with Crippen LogP contribution in [0.2, 0.25) is 5.02 Å². The second-order valence-corrected chi connectivity index (χ2v) is 6.28. The Labute approximate surface area is 159 Å². The Kier molecular flexibility index (Phi) is 7.56. The fourth-order valence-electron chi connectivity index (χ4n) is 2.74. The molecule has 134 valence electrons. The molecule has 1 amide bonds. The molecule has 0 atom stereocenters. The molecule has 1 aliphatic heterocycles. The Balaban J connectivity index is 0.00000225. The van der Waals surface area contributed by atoms with Crippen LogP contribution in [0.4, 0.5) is 0 Å². The summed E-state index contributed by atoms with van der Waals surface area (Å²) in [7, 11) is 0. The fraction of sp³-hybridized carbons (Fsp3) is 0.316. The number of nitrogens with one attached hydrogen (secondary N) is 1. The molecular weight excluding hydrogens is 359 g/mol. The van der Waals surface area contributed by atoms with E-state index in [1.54, 1.807) is 0 Å². The lowest BCUT2D eigenvalue weighted by Crippen LogP contribution is -2.34. The van der Waals surface area contributed by atoms with Crippen LogP contribution >= 0.6 is 24.0 Å². The van der Waals surface area contributed by atoms with Gasteiger partial charge in [0.15, 0.2) is 0 Å². The van der Waals surface area contributed by atoms with Gasteiger partial charge in [0.2, 0.25) is 0 Å². The van der Waals surface area contributed by atoms with Crippen LogP contribution in [0, 0.1) is 0 Å². The van der Waals surface area contributed by atoms with Gasteiger partial charge < -0.3 is 15.0 Å². The number of hydrogen-bond donors (Lipinski definition) is 1. The second kappa shape index (κ2) is 9.66. The number of benzene rings is 2. The standard InChI is InChI=1S/C19H21ClN2O2.ClH/c20-17-6-1-4-15(12-17)14-24-18-7-2-5-16(13-18)19(23)22-10-3-8-21-9-11-22;/h1-2,4-7,12-13,21H,3,8-11,14H2;1H.